The van der Waals surface area contributed by atoms with Gasteiger partial charge in [-0.25, -0.2) is 0 Å². The third kappa shape index (κ3) is 5.39. The fraction of sp³-hybridized carbons (Fsp3) is 0.500. The molecule has 1 aromatic heterocycles. The van der Waals surface area contributed by atoms with Crippen LogP contribution in [-0.4, -0.2) is 54.5 Å². The molecule has 2 heterocycles. The summed E-state index contributed by atoms with van der Waals surface area (Å²) in [5, 5.41) is 2.07. The van der Waals surface area contributed by atoms with E-state index in [2.05, 4.69) is 11.4 Å². The molecule has 2 amide bonds. The summed E-state index contributed by atoms with van der Waals surface area (Å²) in [4.78, 5) is 30.7. The van der Waals surface area contributed by atoms with Crippen LogP contribution in [0.5, 0.6) is 11.5 Å². The van der Waals surface area contributed by atoms with Crippen molar-refractivity contribution < 1.29 is 19.1 Å². The number of carbonyl (C=O) groups excluding carboxylic acids is 2. The Kier molecular flexibility index (Phi) is 7.96. The first kappa shape index (κ1) is 23.1. The minimum Gasteiger partial charge on any atom is -0.497 e. The molecule has 1 aromatic carbocycles. The molecule has 0 bridgehead atoms. The van der Waals surface area contributed by atoms with Crippen LogP contribution in [0.2, 0.25) is 0 Å². The molecule has 31 heavy (non-hydrogen) atoms. The highest BCUT2D eigenvalue weighted by atomic mass is 32.1. The van der Waals surface area contributed by atoms with Gasteiger partial charge in [0, 0.05) is 30.0 Å². The Bertz CT molecular complexity index is 897. The molecule has 0 unspecified atom stereocenters. The SMILES string of the molecule is CCC(=O)N(CC(=O)N1CCc2sccc2[C@H]1COc1cccc(OC)c1)[C@@H](C)CC. The number of benzene rings is 1. The quantitative estimate of drug-likeness (QED) is 0.579. The zero-order chi connectivity index (χ0) is 22.4. The second kappa shape index (κ2) is 10.7. The molecule has 2 atom stereocenters. The molecule has 2 aromatic rings. The average molecular weight is 445 g/mol. The Labute approximate surface area is 188 Å². The van der Waals surface area contributed by atoms with Crippen LogP contribution >= 0.6 is 11.3 Å². The lowest BCUT2D eigenvalue weighted by Gasteiger charge is -2.38. The van der Waals surface area contributed by atoms with Crippen molar-refractivity contribution in [2.24, 2.45) is 0 Å². The monoisotopic (exact) mass is 444 g/mol. The van der Waals surface area contributed by atoms with E-state index in [1.165, 1.54) is 4.88 Å². The standard InChI is InChI=1S/C24H32N2O4S/c1-5-17(3)26(23(27)6-2)15-24(28)25-12-10-22-20(11-13-31-22)21(25)16-30-19-9-7-8-18(14-19)29-4/h7-9,11,13-14,17,21H,5-6,10,12,15-16H2,1-4H3/t17-,21+/m0/s1. The predicted molar refractivity (Wildman–Crippen MR) is 123 cm³/mol. The Morgan fingerprint density at radius 3 is 2.74 bits per heavy atom. The lowest BCUT2D eigenvalue weighted by molar-refractivity contribution is -0.144. The van der Waals surface area contributed by atoms with Crippen molar-refractivity contribution in [1.29, 1.82) is 0 Å². The van der Waals surface area contributed by atoms with Gasteiger partial charge in [0.15, 0.2) is 0 Å². The Morgan fingerprint density at radius 1 is 1.26 bits per heavy atom. The van der Waals surface area contributed by atoms with Crippen LogP contribution < -0.4 is 9.47 Å². The van der Waals surface area contributed by atoms with Gasteiger partial charge in [0.05, 0.1) is 13.2 Å². The fourth-order valence-electron chi connectivity index (χ4n) is 3.89. The maximum atomic E-state index is 13.4. The van der Waals surface area contributed by atoms with Crippen LogP contribution in [0.1, 0.15) is 50.1 Å². The largest absolute Gasteiger partial charge is 0.497 e. The summed E-state index contributed by atoms with van der Waals surface area (Å²) in [6, 6.07) is 9.42. The summed E-state index contributed by atoms with van der Waals surface area (Å²) in [7, 11) is 1.62. The van der Waals surface area contributed by atoms with Gasteiger partial charge in [-0.15, -0.1) is 11.3 Å². The van der Waals surface area contributed by atoms with Gasteiger partial charge in [0.25, 0.3) is 0 Å². The van der Waals surface area contributed by atoms with Crippen LogP contribution in [0, 0.1) is 0 Å². The van der Waals surface area contributed by atoms with Gasteiger partial charge < -0.3 is 19.3 Å². The molecule has 6 nitrogen and oxygen atoms in total. The van der Waals surface area contributed by atoms with Crippen LogP contribution in [0.15, 0.2) is 35.7 Å². The Morgan fingerprint density at radius 2 is 2.03 bits per heavy atom. The first-order valence-corrected chi connectivity index (χ1v) is 11.8. The van der Waals surface area contributed by atoms with E-state index in [1.807, 2.05) is 49.9 Å². The van der Waals surface area contributed by atoms with E-state index in [0.717, 1.165) is 24.2 Å². The summed E-state index contributed by atoms with van der Waals surface area (Å²) in [5.41, 5.74) is 1.14. The molecule has 0 aliphatic carbocycles. The van der Waals surface area contributed by atoms with Gasteiger partial charge >= 0.3 is 0 Å². The van der Waals surface area contributed by atoms with Crippen molar-refractivity contribution in [3.8, 4) is 11.5 Å². The number of hydrogen-bond donors (Lipinski definition) is 0. The van der Waals surface area contributed by atoms with Crippen molar-refractivity contribution in [3.63, 3.8) is 0 Å². The van der Waals surface area contributed by atoms with Crippen molar-refractivity contribution in [2.75, 3.05) is 26.8 Å². The third-order valence-corrected chi connectivity index (χ3v) is 6.91. The van der Waals surface area contributed by atoms with Crippen molar-refractivity contribution >= 4 is 23.2 Å². The topological polar surface area (TPSA) is 59.1 Å². The second-order valence-electron chi connectivity index (χ2n) is 7.77. The van der Waals surface area contributed by atoms with Gasteiger partial charge in [-0.1, -0.05) is 19.9 Å². The number of thiophene rings is 1. The minimum absolute atomic E-state index is 0.0140. The number of carbonyl (C=O) groups is 2. The molecule has 7 heteroatoms. The Balaban J connectivity index is 1.78. The van der Waals surface area contributed by atoms with E-state index in [9.17, 15) is 9.59 Å². The van der Waals surface area contributed by atoms with Crippen molar-refractivity contribution in [3.05, 3.63) is 46.2 Å². The summed E-state index contributed by atoms with van der Waals surface area (Å²) < 4.78 is 11.4. The molecule has 0 N–H and O–H groups in total. The molecule has 3 rings (SSSR count). The molecule has 0 radical (unpaired) electrons. The molecule has 1 aliphatic heterocycles. The molecule has 0 saturated carbocycles. The van der Waals surface area contributed by atoms with Gasteiger partial charge in [0.2, 0.25) is 11.8 Å². The maximum absolute atomic E-state index is 13.4. The first-order chi connectivity index (χ1) is 15.0. The molecule has 0 fully saturated rings. The third-order valence-electron chi connectivity index (χ3n) is 5.92. The van der Waals surface area contributed by atoms with E-state index in [-0.39, 0.29) is 30.4 Å². The summed E-state index contributed by atoms with van der Waals surface area (Å²) in [6.45, 7) is 6.97. The van der Waals surface area contributed by atoms with Gasteiger partial charge in [-0.3, -0.25) is 9.59 Å². The highest BCUT2D eigenvalue weighted by molar-refractivity contribution is 7.10. The van der Waals surface area contributed by atoms with Crippen molar-refractivity contribution in [2.45, 2.75) is 52.1 Å². The lowest BCUT2D eigenvalue weighted by atomic mass is 10.00. The van der Waals surface area contributed by atoms with Crippen molar-refractivity contribution in [1.82, 2.24) is 9.80 Å². The molecule has 0 saturated heterocycles. The van der Waals surface area contributed by atoms with E-state index in [0.29, 0.717) is 25.3 Å². The van der Waals surface area contributed by atoms with E-state index >= 15 is 0 Å². The number of ether oxygens (including phenoxy) is 2. The number of rotatable bonds is 9. The highest BCUT2D eigenvalue weighted by Crippen LogP contribution is 2.34. The molecular weight excluding hydrogens is 412 g/mol. The first-order valence-electron chi connectivity index (χ1n) is 10.9. The highest BCUT2D eigenvalue weighted by Gasteiger charge is 2.34. The number of amides is 2. The maximum Gasteiger partial charge on any atom is 0.242 e. The zero-order valence-corrected chi connectivity index (χ0v) is 19.6. The molecule has 168 valence electrons. The second-order valence-corrected chi connectivity index (χ2v) is 8.78. The summed E-state index contributed by atoms with van der Waals surface area (Å²) in [5.74, 6) is 1.42. The van der Waals surface area contributed by atoms with Gasteiger partial charge in [0.1, 0.15) is 24.7 Å². The fourth-order valence-corrected chi connectivity index (χ4v) is 4.82. The lowest BCUT2D eigenvalue weighted by Crippen LogP contribution is -2.49. The van der Waals surface area contributed by atoms with Gasteiger partial charge in [-0.2, -0.15) is 0 Å². The normalized spacial score (nSPS) is 16.4. The van der Waals surface area contributed by atoms with E-state index in [1.54, 1.807) is 23.3 Å². The predicted octanol–water partition coefficient (Wildman–Crippen LogP) is 4.30. The van der Waals surface area contributed by atoms with Crippen LogP contribution in [-0.2, 0) is 16.0 Å². The smallest absolute Gasteiger partial charge is 0.242 e. The number of methoxy groups -OCH3 is 1. The minimum atomic E-state index is -0.177. The van der Waals surface area contributed by atoms with E-state index in [4.69, 9.17) is 9.47 Å². The zero-order valence-electron chi connectivity index (χ0n) is 18.8. The van der Waals surface area contributed by atoms with Crippen LogP contribution in [0.3, 0.4) is 0 Å². The molecule has 0 spiro atoms. The van der Waals surface area contributed by atoms with Crippen LogP contribution in [0.4, 0.5) is 0 Å². The molecular formula is C24H32N2O4S. The molecule has 1 aliphatic rings. The number of hydrogen-bond acceptors (Lipinski definition) is 5. The summed E-state index contributed by atoms with van der Waals surface area (Å²) in [6.07, 6.45) is 2.05. The number of nitrogens with zero attached hydrogens (tertiary/aromatic N) is 2. The summed E-state index contributed by atoms with van der Waals surface area (Å²) >= 11 is 1.72. The Hall–Kier alpha value is -2.54. The average Bonchev–Trinajstić information content (AvgIpc) is 3.29. The van der Waals surface area contributed by atoms with E-state index < -0.39 is 0 Å². The van der Waals surface area contributed by atoms with Gasteiger partial charge in [-0.05, 0) is 48.9 Å². The van der Waals surface area contributed by atoms with Crippen LogP contribution in [0.25, 0.3) is 0 Å². The number of fused-ring (bicyclic) bond motifs is 1.